The van der Waals surface area contributed by atoms with E-state index < -0.39 is 0 Å². The summed E-state index contributed by atoms with van der Waals surface area (Å²) in [5.41, 5.74) is 2.29. The molecule has 1 unspecified atom stereocenters. The molecule has 0 bridgehead atoms. The molecule has 1 aromatic rings. The standard InChI is InChI=1S/C15H25NO2/c1-7-12(10(2)3)16-13-9-15(18-6)14(17-5)8-11(13)4/h8-10,12,16H,7H2,1-6H3. The summed E-state index contributed by atoms with van der Waals surface area (Å²) in [6.07, 6.45) is 1.10. The van der Waals surface area contributed by atoms with Crippen molar-refractivity contribution < 1.29 is 9.47 Å². The summed E-state index contributed by atoms with van der Waals surface area (Å²) in [6.45, 7) is 8.75. The van der Waals surface area contributed by atoms with E-state index in [1.54, 1.807) is 14.2 Å². The predicted octanol–water partition coefficient (Wildman–Crippen LogP) is 3.86. The lowest BCUT2D eigenvalue weighted by atomic mass is 10.0. The molecule has 1 N–H and O–H groups in total. The smallest absolute Gasteiger partial charge is 0.162 e. The number of benzene rings is 1. The second kappa shape index (κ2) is 6.53. The minimum absolute atomic E-state index is 0.474. The highest BCUT2D eigenvalue weighted by atomic mass is 16.5. The lowest BCUT2D eigenvalue weighted by Gasteiger charge is -2.24. The number of methoxy groups -OCH3 is 2. The number of ether oxygens (including phenoxy) is 2. The molecule has 0 radical (unpaired) electrons. The van der Waals surface area contributed by atoms with Crippen molar-refractivity contribution in [3.05, 3.63) is 17.7 Å². The van der Waals surface area contributed by atoms with E-state index in [2.05, 4.69) is 33.0 Å². The van der Waals surface area contributed by atoms with Crippen LogP contribution in [0.1, 0.15) is 32.8 Å². The Morgan fingerprint density at radius 1 is 1.11 bits per heavy atom. The Balaban J connectivity index is 3.02. The first kappa shape index (κ1) is 14.7. The molecule has 3 heteroatoms. The summed E-state index contributed by atoms with van der Waals surface area (Å²) in [6, 6.07) is 4.50. The number of nitrogens with one attached hydrogen (secondary N) is 1. The summed E-state index contributed by atoms with van der Waals surface area (Å²) in [5.74, 6) is 2.14. The van der Waals surface area contributed by atoms with Gasteiger partial charge in [0.25, 0.3) is 0 Å². The van der Waals surface area contributed by atoms with Crippen molar-refractivity contribution in [1.82, 2.24) is 0 Å². The van der Waals surface area contributed by atoms with Gasteiger partial charge < -0.3 is 14.8 Å². The zero-order chi connectivity index (χ0) is 13.7. The highest BCUT2D eigenvalue weighted by Gasteiger charge is 2.14. The van der Waals surface area contributed by atoms with Gasteiger partial charge in [0.05, 0.1) is 14.2 Å². The minimum atomic E-state index is 0.474. The number of rotatable bonds is 6. The van der Waals surface area contributed by atoms with Crippen molar-refractivity contribution in [2.45, 2.75) is 40.2 Å². The van der Waals surface area contributed by atoms with E-state index in [0.717, 1.165) is 23.6 Å². The molecule has 1 rings (SSSR count). The van der Waals surface area contributed by atoms with Gasteiger partial charge in [0.2, 0.25) is 0 Å². The van der Waals surface area contributed by atoms with Gasteiger partial charge in [-0.2, -0.15) is 0 Å². The molecule has 1 aromatic carbocycles. The summed E-state index contributed by atoms with van der Waals surface area (Å²) < 4.78 is 10.6. The first-order valence-corrected chi connectivity index (χ1v) is 6.52. The normalized spacial score (nSPS) is 12.4. The van der Waals surface area contributed by atoms with E-state index >= 15 is 0 Å². The van der Waals surface area contributed by atoms with Gasteiger partial charge in [0.1, 0.15) is 0 Å². The van der Waals surface area contributed by atoms with E-state index in [1.807, 2.05) is 12.1 Å². The van der Waals surface area contributed by atoms with Crippen LogP contribution in [-0.4, -0.2) is 20.3 Å². The van der Waals surface area contributed by atoms with Crippen LogP contribution >= 0.6 is 0 Å². The molecule has 0 aromatic heterocycles. The Hall–Kier alpha value is -1.38. The first-order valence-electron chi connectivity index (χ1n) is 6.52. The van der Waals surface area contributed by atoms with E-state index in [0.29, 0.717) is 12.0 Å². The minimum Gasteiger partial charge on any atom is -0.493 e. The van der Waals surface area contributed by atoms with Crippen LogP contribution in [0, 0.1) is 12.8 Å². The van der Waals surface area contributed by atoms with E-state index in [9.17, 15) is 0 Å². The van der Waals surface area contributed by atoms with Crippen molar-refractivity contribution >= 4 is 5.69 Å². The van der Waals surface area contributed by atoms with Gasteiger partial charge in [-0.1, -0.05) is 20.8 Å². The third-order valence-electron chi connectivity index (χ3n) is 3.32. The van der Waals surface area contributed by atoms with Crippen LogP contribution in [0.5, 0.6) is 11.5 Å². The molecule has 3 nitrogen and oxygen atoms in total. The Morgan fingerprint density at radius 2 is 1.67 bits per heavy atom. The molecule has 0 fully saturated rings. The van der Waals surface area contributed by atoms with Gasteiger partial charge in [-0.05, 0) is 30.9 Å². The van der Waals surface area contributed by atoms with E-state index in [-0.39, 0.29) is 0 Å². The molecule has 0 amide bonds. The fraction of sp³-hybridized carbons (Fsp3) is 0.600. The largest absolute Gasteiger partial charge is 0.493 e. The van der Waals surface area contributed by atoms with Crippen LogP contribution in [0.25, 0.3) is 0 Å². The monoisotopic (exact) mass is 251 g/mol. The molecule has 0 aliphatic carbocycles. The van der Waals surface area contributed by atoms with Crippen molar-refractivity contribution in [3.63, 3.8) is 0 Å². The first-order chi connectivity index (χ1) is 8.53. The summed E-state index contributed by atoms with van der Waals surface area (Å²) >= 11 is 0. The van der Waals surface area contributed by atoms with Crippen LogP contribution in [-0.2, 0) is 0 Å². The molecule has 1 atom stereocenters. The van der Waals surface area contributed by atoms with Crippen LogP contribution in [0.15, 0.2) is 12.1 Å². The van der Waals surface area contributed by atoms with Gasteiger partial charge in [-0.3, -0.25) is 0 Å². The maximum atomic E-state index is 5.34. The van der Waals surface area contributed by atoms with Crippen molar-refractivity contribution in [2.24, 2.45) is 5.92 Å². The van der Waals surface area contributed by atoms with Crippen LogP contribution in [0.2, 0.25) is 0 Å². The van der Waals surface area contributed by atoms with Gasteiger partial charge in [0.15, 0.2) is 11.5 Å². The molecule has 0 saturated carbocycles. The molecular weight excluding hydrogens is 226 g/mol. The SMILES string of the molecule is CCC(Nc1cc(OC)c(OC)cc1C)C(C)C. The molecular formula is C15H25NO2. The molecule has 0 spiro atoms. The van der Waals surface area contributed by atoms with Crippen LogP contribution in [0.3, 0.4) is 0 Å². The summed E-state index contributed by atoms with van der Waals surface area (Å²) in [4.78, 5) is 0. The lowest BCUT2D eigenvalue weighted by Crippen LogP contribution is -2.25. The fourth-order valence-electron chi connectivity index (χ4n) is 2.08. The highest BCUT2D eigenvalue weighted by Crippen LogP contribution is 2.33. The molecule has 102 valence electrons. The number of hydrogen-bond donors (Lipinski definition) is 1. The third-order valence-corrected chi connectivity index (χ3v) is 3.32. The fourth-order valence-corrected chi connectivity index (χ4v) is 2.08. The molecule has 0 aliphatic heterocycles. The molecule has 0 saturated heterocycles. The second-order valence-electron chi connectivity index (χ2n) is 4.93. The number of anilines is 1. The average Bonchev–Trinajstić information content (AvgIpc) is 2.36. The molecule has 0 heterocycles. The zero-order valence-electron chi connectivity index (χ0n) is 12.3. The molecule has 18 heavy (non-hydrogen) atoms. The zero-order valence-corrected chi connectivity index (χ0v) is 12.3. The topological polar surface area (TPSA) is 30.5 Å². The number of aryl methyl sites for hydroxylation is 1. The van der Waals surface area contributed by atoms with Crippen molar-refractivity contribution in [3.8, 4) is 11.5 Å². The predicted molar refractivity (Wildman–Crippen MR) is 76.8 cm³/mol. The molecule has 0 aliphatic rings. The van der Waals surface area contributed by atoms with E-state index in [1.165, 1.54) is 5.56 Å². The summed E-state index contributed by atoms with van der Waals surface area (Å²) in [7, 11) is 3.32. The van der Waals surface area contributed by atoms with Crippen molar-refractivity contribution in [2.75, 3.05) is 19.5 Å². The van der Waals surface area contributed by atoms with Gasteiger partial charge >= 0.3 is 0 Å². The average molecular weight is 251 g/mol. The maximum absolute atomic E-state index is 5.34. The third kappa shape index (κ3) is 3.31. The lowest BCUT2D eigenvalue weighted by molar-refractivity contribution is 0.355. The Morgan fingerprint density at radius 3 is 2.11 bits per heavy atom. The Bertz CT molecular complexity index is 388. The van der Waals surface area contributed by atoms with E-state index in [4.69, 9.17) is 9.47 Å². The van der Waals surface area contributed by atoms with Crippen LogP contribution in [0.4, 0.5) is 5.69 Å². The maximum Gasteiger partial charge on any atom is 0.162 e. The highest BCUT2D eigenvalue weighted by molar-refractivity contribution is 5.60. The van der Waals surface area contributed by atoms with Gasteiger partial charge in [0, 0.05) is 17.8 Å². The second-order valence-corrected chi connectivity index (χ2v) is 4.93. The van der Waals surface area contributed by atoms with Gasteiger partial charge in [-0.15, -0.1) is 0 Å². The quantitative estimate of drug-likeness (QED) is 0.832. The Labute approximate surface area is 110 Å². The van der Waals surface area contributed by atoms with Gasteiger partial charge in [-0.25, -0.2) is 0 Å². The summed E-state index contributed by atoms with van der Waals surface area (Å²) in [5, 5.41) is 3.59. The number of hydrogen-bond acceptors (Lipinski definition) is 3. The Kier molecular flexibility index (Phi) is 5.32. The van der Waals surface area contributed by atoms with Crippen LogP contribution < -0.4 is 14.8 Å². The van der Waals surface area contributed by atoms with Crippen molar-refractivity contribution in [1.29, 1.82) is 0 Å².